The quantitative estimate of drug-likeness (QED) is 0.278. The van der Waals surface area contributed by atoms with Gasteiger partial charge in [-0.1, -0.05) is 17.5 Å². The monoisotopic (exact) mass is 474 g/mol. The second-order valence-electron chi connectivity index (χ2n) is 6.61. The van der Waals surface area contributed by atoms with Crippen LogP contribution in [0.1, 0.15) is 4.88 Å². The summed E-state index contributed by atoms with van der Waals surface area (Å²) in [5.74, 6) is -1.22. The van der Waals surface area contributed by atoms with E-state index in [-0.39, 0.29) is 29.3 Å². The van der Waals surface area contributed by atoms with Crippen molar-refractivity contribution in [2.75, 3.05) is 5.75 Å². The Balaban J connectivity index is 0.000000858. The maximum absolute atomic E-state index is 12.6. The normalized spacial score (nSPS) is 19.3. The Bertz CT molecular complexity index is 1030. The van der Waals surface area contributed by atoms with Crippen molar-refractivity contribution in [2.45, 2.75) is 24.4 Å². The highest BCUT2D eigenvalue weighted by atomic mass is 32.2. The fourth-order valence-corrected chi connectivity index (χ4v) is 5.40. The Morgan fingerprint density at radius 1 is 1.32 bits per heavy atom. The molecule has 2 amide bonds. The van der Waals surface area contributed by atoms with Gasteiger partial charge in [-0.25, -0.2) is 14.6 Å². The van der Waals surface area contributed by atoms with Gasteiger partial charge in [0, 0.05) is 28.3 Å². The molecule has 8 nitrogen and oxygen atoms in total. The van der Waals surface area contributed by atoms with E-state index in [4.69, 9.17) is 5.26 Å². The summed E-state index contributed by atoms with van der Waals surface area (Å²) in [5, 5.41) is 22.5. The summed E-state index contributed by atoms with van der Waals surface area (Å²) in [6.45, 7) is 0.404. The number of thiocyanates is 1. The third kappa shape index (κ3) is 5.22. The highest BCUT2D eigenvalue weighted by Gasteiger charge is 2.54. The Hall–Kier alpha value is -2.94. The third-order valence-corrected chi connectivity index (χ3v) is 6.85. The third-order valence-electron chi connectivity index (χ3n) is 4.63. The summed E-state index contributed by atoms with van der Waals surface area (Å²) in [6.07, 6.45) is 3.93. The van der Waals surface area contributed by atoms with Crippen LogP contribution in [0.4, 0.5) is 0 Å². The van der Waals surface area contributed by atoms with Crippen molar-refractivity contribution in [1.82, 2.24) is 10.2 Å². The van der Waals surface area contributed by atoms with Crippen molar-refractivity contribution < 1.29 is 24.1 Å². The molecule has 1 saturated heterocycles. The summed E-state index contributed by atoms with van der Waals surface area (Å²) >= 11 is 6.66. The summed E-state index contributed by atoms with van der Waals surface area (Å²) in [7, 11) is 0. The van der Waals surface area contributed by atoms with Gasteiger partial charge in [0.05, 0.1) is 6.42 Å². The van der Waals surface area contributed by atoms with E-state index in [1.165, 1.54) is 33.4 Å². The fraction of sp³-hybridized carbons (Fsp3) is 0.250. The van der Waals surface area contributed by atoms with E-state index in [9.17, 15) is 19.5 Å². The number of aliphatic carboxylic acids is 1. The molecule has 2 aromatic rings. The number of thioether (sulfide) groups is 1. The van der Waals surface area contributed by atoms with E-state index >= 15 is 0 Å². The molecule has 0 spiro atoms. The van der Waals surface area contributed by atoms with Crippen LogP contribution in [0.15, 0.2) is 59.4 Å². The van der Waals surface area contributed by atoms with Crippen LogP contribution in [0.25, 0.3) is 0 Å². The van der Waals surface area contributed by atoms with Crippen molar-refractivity contribution in [3.05, 3.63) is 64.3 Å². The zero-order valence-electron chi connectivity index (χ0n) is 16.1. The van der Waals surface area contributed by atoms with Crippen LogP contribution >= 0.6 is 23.1 Å². The SMILES string of the molecule is N#C[S-].O=C(Cc1cccs1)N[C@@H]1C(=O)N2C(C(=O)O)=C(C[n+]3ccccc3)CS[C@H]12. The second kappa shape index (κ2) is 10.4. The number of amides is 2. The largest absolute Gasteiger partial charge is 0.696 e. The summed E-state index contributed by atoms with van der Waals surface area (Å²) in [6, 6.07) is 8.68. The molecule has 2 N–H and O–H groups in total. The lowest BCUT2D eigenvalue weighted by atomic mass is 10.0. The smallest absolute Gasteiger partial charge is 0.352 e. The van der Waals surface area contributed by atoms with Crippen LogP contribution in [0.3, 0.4) is 0 Å². The Morgan fingerprint density at radius 3 is 2.65 bits per heavy atom. The van der Waals surface area contributed by atoms with Gasteiger partial charge in [-0.05, 0) is 11.4 Å². The van der Waals surface area contributed by atoms with Crippen LogP contribution in [0.5, 0.6) is 0 Å². The van der Waals surface area contributed by atoms with Crippen molar-refractivity contribution in [1.29, 1.82) is 5.26 Å². The molecule has 0 aliphatic carbocycles. The number of β-lactam (4-membered cyclic amide) rings is 1. The van der Waals surface area contributed by atoms with Gasteiger partial charge in [0.15, 0.2) is 18.9 Å². The molecule has 1 fully saturated rings. The number of carbonyl (C=O) groups excluding carboxylic acids is 2. The minimum atomic E-state index is -1.12. The van der Waals surface area contributed by atoms with Gasteiger partial charge < -0.3 is 23.1 Å². The molecule has 0 aromatic carbocycles. The lowest BCUT2D eigenvalue weighted by molar-refractivity contribution is -0.689. The molecule has 4 rings (SSSR count). The first-order chi connectivity index (χ1) is 15.0. The molecule has 0 radical (unpaired) electrons. The maximum atomic E-state index is 12.6. The predicted molar refractivity (Wildman–Crippen MR) is 117 cm³/mol. The molecule has 0 unspecified atom stereocenters. The van der Waals surface area contributed by atoms with Gasteiger partial charge in [-0.2, -0.15) is 0 Å². The van der Waals surface area contributed by atoms with Crippen molar-refractivity contribution in [2.24, 2.45) is 0 Å². The first-order valence-corrected chi connectivity index (χ1v) is 11.5. The van der Waals surface area contributed by atoms with Crippen molar-refractivity contribution >= 4 is 53.5 Å². The molecule has 160 valence electrons. The molecule has 0 bridgehead atoms. The minimum Gasteiger partial charge on any atom is -0.696 e. The number of carbonyl (C=O) groups is 3. The molecule has 0 saturated carbocycles. The Kier molecular flexibility index (Phi) is 7.62. The summed E-state index contributed by atoms with van der Waals surface area (Å²) in [5.41, 5.74) is 0.718. The summed E-state index contributed by atoms with van der Waals surface area (Å²) < 4.78 is 1.88. The minimum absolute atomic E-state index is 0.0360. The standard InChI is InChI=1S/C19H17N3O4S2.CHNS/c23-14(9-13-5-4-8-27-13)20-15-17(24)22-16(19(25)26)12(11-28-18(15)22)10-21-6-2-1-3-7-21;2-1-3/h1-8,15,18H,9-11H2,(H-,20,23,25,26);3H/t15-,18-;/m1./s1. The van der Waals surface area contributed by atoms with E-state index in [0.29, 0.717) is 17.9 Å². The van der Waals surface area contributed by atoms with Gasteiger partial charge >= 0.3 is 5.97 Å². The van der Waals surface area contributed by atoms with Crippen LogP contribution in [0.2, 0.25) is 0 Å². The van der Waals surface area contributed by atoms with E-state index in [2.05, 4.69) is 17.9 Å². The molecule has 2 atom stereocenters. The number of nitrogens with one attached hydrogen (secondary N) is 1. The second-order valence-corrected chi connectivity index (χ2v) is 8.93. The van der Waals surface area contributed by atoms with Crippen LogP contribution in [-0.4, -0.2) is 45.0 Å². The number of carboxylic acids is 1. The fourth-order valence-electron chi connectivity index (χ4n) is 3.36. The van der Waals surface area contributed by atoms with Crippen molar-refractivity contribution in [3.63, 3.8) is 0 Å². The molecule has 4 heterocycles. The molecule has 2 aliphatic rings. The van der Waals surface area contributed by atoms with E-state index in [1.54, 1.807) is 0 Å². The highest BCUT2D eigenvalue weighted by molar-refractivity contribution is 8.00. The van der Waals surface area contributed by atoms with Gasteiger partial charge in [-0.15, -0.1) is 23.1 Å². The van der Waals surface area contributed by atoms with Gasteiger partial charge in [-0.3, -0.25) is 14.5 Å². The highest BCUT2D eigenvalue weighted by Crippen LogP contribution is 2.40. The topological polar surface area (TPSA) is 114 Å². The van der Waals surface area contributed by atoms with E-state index in [0.717, 1.165) is 4.88 Å². The average molecular weight is 475 g/mol. The number of fused-ring (bicyclic) bond motifs is 1. The number of hydrogen-bond donors (Lipinski definition) is 2. The molecule has 31 heavy (non-hydrogen) atoms. The van der Waals surface area contributed by atoms with Gasteiger partial charge in [0.2, 0.25) is 5.91 Å². The van der Waals surface area contributed by atoms with Crippen LogP contribution in [-0.2, 0) is 40.0 Å². The molecular formula is C20H18N4O4S3. The maximum Gasteiger partial charge on any atom is 0.352 e. The van der Waals surface area contributed by atoms with Gasteiger partial charge in [0.25, 0.3) is 5.91 Å². The number of pyridine rings is 1. The predicted octanol–water partition coefficient (Wildman–Crippen LogP) is 1.03. The summed E-state index contributed by atoms with van der Waals surface area (Å²) in [4.78, 5) is 39.0. The number of rotatable bonds is 6. The lowest BCUT2D eigenvalue weighted by Gasteiger charge is -2.49. The number of nitrogens with zero attached hydrogens (tertiary/aromatic N) is 3. The van der Waals surface area contributed by atoms with E-state index < -0.39 is 12.0 Å². The number of nitriles is 1. The number of carboxylic acid groups (broad SMARTS) is 1. The number of hydrogen-bond acceptors (Lipinski definition) is 7. The first kappa shape index (κ1) is 22.7. The molecule has 2 aliphatic heterocycles. The number of thiophene rings is 1. The Morgan fingerprint density at radius 2 is 2.03 bits per heavy atom. The average Bonchev–Trinajstić information content (AvgIpc) is 3.26. The zero-order chi connectivity index (χ0) is 22.4. The van der Waals surface area contributed by atoms with Crippen molar-refractivity contribution in [3.8, 4) is 5.40 Å². The Labute approximate surface area is 192 Å². The van der Waals surface area contributed by atoms with Crippen LogP contribution in [0, 0.1) is 10.7 Å². The first-order valence-electron chi connectivity index (χ1n) is 9.13. The van der Waals surface area contributed by atoms with Crippen LogP contribution < -0.4 is 9.88 Å². The van der Waals surface area contributed by atoms with E-state index in [1.807, 2.05) is 52.7 Å². The lowest BCUT2D eigenvalue weighted by Crippen LogP contribution is -2.70. The molecule has 11 heteroatoms. The number of aromatic nitrogens is 1. The zero-order valence-corrected chi connectivity index (χ0v) is 18.6. The molecule has 2 aromatic heterocycles. The van der Waals surface area contributed by atoms with Gasteiger partial charge in [0.1, 0.15) is 17.1 Å². The molecular weight excluding hydrogens is 456 g/mol.